The molecular formula is C42H78O8Si3. The molecule has 1 unspecified atom stereocenters. The Kier molecular flexibility index (Phi) is 16.1. The molecule has 2 rings (SSSR count). The van der Waals surface area contributed by atoms with Gasteiger partial charge in [-0.1, -0.05) is 87.4 Å². The lowest BCUT2D eigenvalue weighted by atomic mass is 9.80. The molecule has 1 fully saturated rings. The zero-order chi connectivity index (χ0) is 41.0. The highest BCUT2D eigenvalue weighted by molar-refractivity contribution is 6.75. The summed E-state index contributed by atoms with van der Waals surface area (Å²) in [5, 5.41) is -0.0848. The molecule has 0 bridgehead atoms. The predicted molar refractivity (Wildman–Crippen MR) is 226 cm³/mol. The van der Waals surface area contributed by atoms with Crippen LogP contribution in [-0.2, 0) is 38.9 Å². The van der Waals surface area contributed by atoms with E-state index in [1.807, 2.05) is 30.3 Å². The minimum absolute atomic E-state index is 0.0165. The number of carbonyl (C=O) groups excluding carboxylic acids is 1. The molecule has 0 radical (unpaired) electrons. The van der Waals surface area contributed by atoms with Crippen LogP contribution in [0.15, 0.2) is 36.9 Å². The van der Waals surface area contributed by atoms with Crippen molar-refractivity contribution in [3.8, 4) is 5.75 Å². The third-order valence-corrected chi connectivity index (χ3v) is 26.2. The quantitative estimate of drug-likeness (QED) is 0.0558. The van der Waals surface area contributed by atoms with E-state index in [1.165, 1.54) is 6.92 Å². The zero-order valence-corrected chi connectivity index (χ0v) is 40.2. The van der Waals surface area contributed by atoms with E-state index in [2.05, 4.69) is 122 Å². The van der Waals surface area contributed by atoms with Crippen molar-refractivity contribution < 1.29 is 37.0 Å². The van der Waals surface area contributed by atoms with Crippen molar-refractivity contribution in [2.75, 3.05) is 26.9 Å². The molecule has 1 aliphatic rings. The minimum Gasteiger partial charge on any atom is -0.497 e. The third-order valence-electron chi connectivity index (χ3n) is 12.7. The number of benzene rings is 1. The summed E-state index contributed by atoms with van der Waals surface area (Å²) >= 11 is 0. The first-order chi connectivity index (χ1) is 23.9. The predicted octanol–water partition coefficient (Wildman–Crippen LogP) is 10.8. The van der Waals surface area contributed by atoms with Gasteiger partial charge in [0, 0.05) is 37.9 Å². The third kappa shape index (κ3) is 12.6. The van der Waals surface area contributed by atoms with Gasteiger partial charge in [0.1, 0.15) is 17.5 Å². The molecule has 8 nitrogen and oxygen atoms in total. The van der Waals surface area contributed by atoms with Gasteiger partial charge in [0.2, 0.25) is 0 Å². The van der Waals surface area contributed by atoms with E-state index in [1.54, 1.807) is 7.11 Å². The summed E-state index contributed by atoms with van der Waals surface area (Å²) in [5.74, 6) is -0.110. The molecule has 306 valence electrons. The molecule has 1 aromatic rings. The van der Waals surface area contributed by atoms with Crippen LogP contribution in [0.4, 0.5) is 0 Å². The topological polar surface area (TPSA) is 85.0 Å². The van der Waals surface area contributed by atoms with Crippen molar-refractivity contribution in [1.82, 2.24) is 0 Å². The Hall–Kier alpha value is -1.32. The van der Waals surface area contributed by atoms with Crippen LogP contribution in [-0.4, -0.2) is 81.8 Å². The number of methoxy groups -OCH3 is 1. The second-order valence-corrected chi connectivity index (χ2v) is 34.5. The minimum atomic E-state index is -2.41. The van der Waals surface area contributed by atoms with Crippen molar-refractivity contribution in [2.45, 2.75) is 168 Å². The van der Waals surface area contributed by atoms with Crippen LogP contribution in [0.3, 0.4) is 0 Å². The maximum atomic E-state index is 13.1. The molecule has 11 heteroatoms. The number of hydrogen-bond acceptors (Lipinski definition) is 8. The van der Waals surface area contributed by atoms with Crippen LogP contribution in [0.25, 0.3) is 0 Å². The van der Waals surface area contributed by atoms with Gasteiger partial charge in [0.05, 0.1) is 32.5 Å². The Balaban J connectivity index is 2.64. The van der Waals surface area contributed by atoms with Crippen LogP contribution in [0.5, 0.6) is 5.75 Å². The summed E-state index contributed by atoms with van der Waals surface area (Å²) < 4.78 is 46.2. The van der Waals surface area contributed by atoms with Gasteiger partial charge >= 0.3 is 5.97 Å². The Morgan fingerprint density at radius 2 is 1.34 bits per heavy atom. The summed E-state index contributed by atoms with van der Waals surface area (Å²) in [5.41, 5.74) is 0.406. The van der Waals surface area contributed by atoms with E-state index < -0.39 is 42.8 Å². The second-order valence-electron chi connectivity index (χ2n) is 20.1. The van der Waals surface area contributed by atoms with Crippen LogP contribution < -0.4 is 4.74 Å². The first kappa shape index (κ1) is 47.8. The van der Waals surface area contributed by atoms with Gasteiger partial charge in [-0.3, -0.25) is 4.79 Å². The Labute approximate surface area is 327 Å². The fourth-order valence-electron chi connectivity index (χ4n) is 5.82. The SMILES string of the molecule is C=C[C@@H](CO[Si](C)(C)C(C)(C)C)[C@@H](OC(C)=O)[C@H](CO[Si](C)(C)C(C)(C)C)[C@H](O[Si](C)(C)C(C)(C)C)C1(C)O[C@@H]1[C@@H](C)COCc1ccc(OC)cc1. The lowest BCUT2D eigenvalue weighted by Gasteiger charge is -2.47. The molecule has 0 amide bonds. The Morgan fingerprint density at radius 3 is 1.77 bits per heavy atom. The number of carbonyl (C=O) groups is 1. The number of esters is 1. The molecule has 7 atom stereocenters. The summed E-state index contributed by atoms with van der Waals surface area (Å²) in [4.78, 5) is 13.1. The van der Waals surface area contributed by atoms with Crippen molar-refractivity contribution >= 4 is 30.9 Å². The lowest BCUT2D eigenvalue weighted by molar-refractivity contribution is -0.158. The first-order valence-corrected chi connectivity index (χ1v) is 28.3. The summed E-state index contributed by atoms with van der Waals surface area (Å²) in [6, 6.07) is 7.95. The fourth-order valence-corrected chi connectivity index (χ4v) is 9.30. The average molecular weight is 795 g/mol. The van der Waals surface area contributed by atoms with Crippen molar-refractivity contribution in [3.05, 3.63) is 42.5 Å². The van der Waals surface area contributed by atoms with Gasteiger partial charge < -0.3 is 32.2 Å². The standard InChI is InChI=1S/C42H78O8Si3/c1-21-33(28-46-51(15,16)39(4,5)6)36(48-31(3)43)35(29-47-52(17,18)40(7,8)9)38(50-53(19,20)41(10,11)12)42(13)37(49-42)30(2)26-45-27-32-22-24-34(44-14)25-23-32/h21-25,30,33,35-38H,1,26-29H2,2-20H3/t30-,33-,35-,36+,37+,38-,42?/m0/s1. The molecule has 0 N–H and O–H groups in total. The largest absolute Gasteiger partial charge is 0.497 e. The Bertz CT molecular complexity index is 1330. The molecule has 0 spiro atoms. The maximum absolute atomic E-state index is 13.1. The zero-order valence-electron chi connectivity index (χ0n) is 37.2. The normalized spacial score (nSPS) is 21.7. The van der Waals surface area contributed by atoms with Crippen LogP contribution >= 0.6 is 0 Å². The monoisotopic (exact) mass is 795 g/mol. The van der Waals surface area contributed by atoms with E-state index in [-0.39, 0.29) is 44.9 Å². The molecular weight excluding hydrogens is 717 g/mol. The smallest absolute Gasteiger partial charge is 0.302 e. The summed E-state index contributed by atoms with van der Waals surface area (Å²) in [6.45, 7) is 45.6. The molecule has 0 aromatic heterocycles. The number of epoxide rings is 1. The van der Waals surface area contributed by atoms with Crippen molar-refractivity contribution in [2.24, 2.45) is 17.8 Å². The van der Waals surface area contributed by atoms with E-state index in [4.69, 9.17) is 32.2 Å². The highest BCUT2D eigenvalue weighted by atomic mass is 28.4. The first-order valence-electron chi connectivity index (χ1n) is 19.6. The van der Waals surface area contributed by atoms with Crippen LogP contribution in [0.2, 0.25) is 54.4 Å². The fraction of sp³-hybridized carbons (Fsp3) is 0.786. The number of hydrogen-bond donors (Lipinski definition) is 0. The van der Waals surface area contributed by atoms with E-state index in [0.29, 0.717) is 26.4 Å². The van der Waals surface area contributed by atoms with E-state index in [9.17, 15) is 4.79 Å². The average Bonchev–Trinajstić information content (AvgIpc) is 3.71. The lowest BCUT2D eigenvalue weighted by Crippen LogP contribution is -2.57. The molecule has 0 saturated carbocycles. The van der Waals surface area contributed by atoms with Gasteiger partial charge in [-0.05, 0) is 79.0 Å². The highest BCUT2D eigenvalue weighted by Crippen LogP contribution is 2.52. The van der Waals surface area contributed by atoms with E-state index in [0.717, 1.165) is 11.3 Å². The van der Waals surface area contributed by atoms with Crippen molar-refractivity contribution in [1.29, 1.82) is 0 Å². The van der Waals surface area contributed by atoms with Crippen molar-refractivity contribution in [3.63, 3.8) is 0 Å². The second kappa shape index (κ2) is 17.9. The van der Waals surface area contributed by atoms with Gasteiger partial charge in [-0.15, -0.1) is 6.58 Å². The van der Waals surface area contributed by atoms with Crippen LogP contribution in [0.1, 0.15) is 88.6 Å². The van der Waals surface area contributed by atoms with Gasteiger partial charge in [0.25, 0.3) is 0 Å². The van der Waals surface area contributed by atoms with E-state index >= 15 is 0 Å². The Morgan fingerprint density at radius 1 is 0.849 bits per heavy atom. The van der Waals surface area contributed by atoms with Gasteiger partial charge in [-0.25, -0.2) is 0 Å². The molecule has 0 aliphatic carbocycles. The van der Waals surface area contributed by atoms with Gasteiger partial charge in [-0.2, -0.15) is 0 Å². The molecule has 1 aromatic carbocycles. The number of rotatable bonds is 20. The maximum Gasteiger partial charge on any atom is 0.302 e. The molecule has 1 aliphatic heterocycles. The summed E-state index contributed by atoms with van der Waals surface area (Å²) in [6.07, 6.45) is 0.707. The number of ether oxygens (including phenoxy) is 4. The van der Waals surface area contributed by atoms with Gasteiger partial charge in [0.15, 0.2) is 25.0 Å². The summed E-state index contributed by atoms with van der Waals surface area (Å²) in [7, 11) is -5.14. The molecule has 1 saturated heterocycles. The van der Waals surface area contributed by atoms with Crippen LogP contribution in [0, 0.1) is 17.8 Å². The molecule has 1 heterocycles. The molecule has 53 heavy (non-hydrogen) atoms. The highest BCUT2D eigenvalue weighted by Gasteiger charge is 2.65.